The van der Waals surface area contributed by atoms with Gasteiger partial charge in [0.05, 0.1) is 11.6 Å². The highest BCUT2D eigenvalue weighted by Crippen LogP contribution is 2.32. The number of halogens is 2. The SMILES string of the molecule is CCCCCCCN(CCCCCCC)CC(O)c1cc2ccc(Cl)cc2c2ncccc12.Cl. The van der Waals surface area contributed by atoms with E-state index in [4.69, 9.17) is 11.6 Å². The number of hydrogen-bond donors (Lipinski definition) is 1. The maximum atomic E-state index is 11.4. The standard InChI is InChI=1S/C29H41ClN2O.ClH/c1-3-5-7-9-11-18-32(19-12-10-8-6-4-2)22-28(33)27-20-23-15-16-24(30)21-26(23)29-25(27)14-13-17-31-29;/h13-17,20-21,28,33H,3-12,18-19,22H2,1-2H3;1H. The molecule has 188 valence electrons. The first-order valence-corrected chi connectivity index (χ1v) is 13.4. The van der Waals surface area contributed by atoms with Crippen LogP contribution in [0.4, 0.5) is 0 Å². The fourth-order valence-electron chi connectivity index (χ4n) is 4.75. The Kier molecular flexibility index (Phi) is 13.2. The van der Waals surface area contributed by atoms with Gasteiger partial charge in [-0.15, -0.1) is 12.4 Å². The third-order valence-electron chi connectivity index (χ3n) is 6.65. The molecule has 0 bridgehead atoms. The molecule has 5 heteroatoms. The molecule has 2 aromatic carbocycles. The number of nitrogens with zero attached hydrogens (tertiary/aromatic N) is 2. The highest BCUT2D eigenvalue weighted by Gasteiger charge is 2.18. The predicted octanol–water partition coefficient (Wildman–Crippen LogP) is 8.74. The summed E-state index contributed by atoms with van der Waals surface area (Å²) < 4.78 is 0. The number of unbranched alkanes of at least 4 members (excludes halogenated alkanes) is 8. The van der Waals surface area contributed by atoms with Crippen LogP contribution < -0.4 is 0 Å². The van der Waals surface area contributed by atoms with Crippen molar-refractivity contribution >= 4 is 45.7 Å². The number of rotatable bonds is 15. The minimum Gasteiger partial charge on any atom is -0.387 e. The molecular formula is C29H42Cl2N2O. The third-order valence-corrected chi connectivity index (χ3v) is 6.88. The predicted molar refractivity (Wildman–Crippen MR) is 150 cm³/mol. The van der Waals surface area contributed by atoms with Crippen molar-refractivity contribution in [2.45, 2.75) is 84.2 Å². The van der Waals surface area contributed by atoms with Crippen molar-refractivity contribution in [2.75, 3.05) is 19.6 Å². The largest absolute Gasteiger partial charge is 0.387 e. The summed E-state index contributed by atoms with van der Waals surface area (Å²) in [4.78, 5) is 7.13. The molecule has 0 aliphatic rings. The maximum Gasteiger partial charge on any atom is 0.0923 e. The lowest BCUT2D eigenvalue weighted by Crippen LogP contribution is -2.31. The minimum atomic E-state index is -0.539. The van der Waals surface area contributed by atoms with Gasteiger partial charge < -0.3 is 10.0 Å². The van der Waals surface area contributed by atoms with Gasteiger partial charge in [0.25, 0.3) is 0 Å². The highest BCUT2D eigenvalue weighted by molar-refractivity contribution is 6.31. The van der Waals surface area contributed by atoms with Crippen molar-refractivity contribution < 1.29 is 5.11 Å². The van der Waals surface area contributed by atoms with Gasteiger partial charge in [-0.1, -0.05) is 88.9 Å². The number of fused-ring (bicyclic) bond motifs is 3. The maximum absolute atomic E-state index is 11.4. The van der Waals surface area contributed by atoms with Crippen LogP contribution in [0.2, 0.25) is 5.02 Å². The van der Waals surface area contributed by atoms with E-state index in [0.29, 0.717) is 11.6 Å². The van der Waals surface area contributed by atoms with E-state index in [1.165, 1.54) is 64.2 Å². The molecule has 1 atom stereocenters. The smallest absolute Gasteiger partial charge is 0.0923 e. The van der Waals surface area contributed by atoms with Crippen LogP contribution in [0.3, 0.4) is 0 Å². The van der Waals surface area contributed by atoms with Crippen LogP contribution in [0.5, 0.6) is 0 Å². The van der Waals surface area contributed by atoms with Gasteiger partial charge in [0.2, 0.25) is 0 Å². The van der Waals surface area contributed by atoms with Gasteiger partial charge in [-0.3, -0.25) is 4.98 Å². The molecular weight excluding hydrogens is 463 g/mol. The van der Waals surface area contributed by atoms with E-state index in [-0.39, 0.29) is 12.4 Å². The first-order chi connectivity index (χ1) is 16.1. The van der Waals surface area contributed by atoms with E-state index >= 15 is 0 Å². The molecule has 0 radical (unpaired) electrons. The van der Waals surface area contributed by atoms with E-state index in [1.54, 1.807) is 0 Å². The normalized spacial score (nSPS) is 12.4. The fourth-order valence-corrected chi connectivity index (χ4v) is 4.92. The Morgan fingerprint density at radius 2 is 1.50 bits per heavy atom. The molecule has 3 nitrogen and oxygen atoms in total. The van der Waals surface area contributed by atoms with E-state index in [1.807, 2.05) is 30.5 Å². The van der Waals surface area contributed by atoms with Gasteiger partial charge in [0.1, 0.15) is 0 Å². The summed E-state index contributed by atoms with van der Waals surface area (Å²) in [6, 6.07) is 12.1. The zero-order valence-corrected chi connectivity index (χ0v) is 22.5. The Morgan fingerprint density at radius 3 is 2.15 bits per heavy atom. The summed E-state index contributed by atoms with van der Waals surface area (Å²) in [6.45, 7) is 7.32. The monoisotopic (exact) mass is 504 g/mol. The Balaban J connectivity index is 0.00000408. The Hall–Kier alpha value is -1.39. The molecule has 0 saturated heterocycles. The molecule has 1 unspecified atom stereocenters. The van der Waals surface area contributed by atoms with Crippen molar-refractivity contribution in [2.24, 2.45) is 0 Å². The summed E-state index contributed by atoms with van der Waals surface area (Å²) >= 11 is 6.27. The van der Waals surface area contributed by atoms with Crippen LogP contribution in [-0.4, -0.2) is 34.6 Å². The number of aliphatic hydroxyl groups is 1. The summed E-state index contributed by atoms with van der Waals surface area (Å²) in [5, 5.41) is 15.2. The molecule has 0 spiro atoms. The second-order valence-corrected chi connectivity index (χ2v) is 9.81. The molecule has 1 aromatic heterocycles. The van der Waals surface area contributed by atoms with E-state index in [9.17, 15) is 5.11 Å². The number of pyridine rings is 1. The van der Waals surface area contributed by atoms with Crippen molar-refractivity contribution in [1.29, 1.82) is 0 Å². The zero-order chi connectivity index (χ0) is 23.5. The summed E-state index contributed by atoms with van der Waals surface area (Å²) in [5.41, 5.74) is 1.88. The molecule has 34 heavy (non-hydrogen) atoms. The minimum absolute atomic E-state index is 0. The van der Waals surface area contributed by atoms with Gasteiger partial charge in [0.15, 0.2) is 0 Å². The van der Waals surface area contributed by atoms with Crippen LogP contribution in [-0.2, 0) is 0 Å². The Bertz CT molecular complexity index is 980. The topological polar surface area (TPSA) is 36.4 Å². The fraction of sp³-hybridized carbons (Fsp3) is 0.552. The van der Waals surface area contributed by atoms with Crippen LogP contribution in [0.1, 0.15) is 89.7 Å². The van der Waals surface area contributed by atoms with Crippen molar-refractivity contribution in [3.8, 4) is 0 Å². The van der Waals surface area contributed by atoms with Gasteiger partial charge in [0, 0.05) is 28.5 Å². The quantitative estimate of drug-likeness (QED) is 0.166. The van der Waals surface area contributed by atoms with Crippen molar-refractivity contribution in [3.63, 3.8) is 0 Å². The van der Waals surface area contributed by atoms with Gasteiger partial charge in [-0.05, 0) is 61.1 Å². The molecule has 0 fully saturated rings. The van der Waals surface area contributed by atoms with Gasteiger partial charge in [-0.25, -0.2) is 0 Å². The number of aromatic nitrogens is 1. The lowest BCUT2D eigenvalue weighted by atomic mass is 9.97. The molecule has 0 aliphatic heterocycles. The van der Waals surface area contributed by atoms with E-state index < -0.39 is 6.10 Å². The van der Waals surface area contributed by atoms with Crippen LogP contribution in [0.15, 0.2) is 42.6 Å². The van der Waals surface area contributed by atoms with E-state index in [2.05, 4.69) is 35.9 Å². The number of aliphatic hydroxyl groups excluding tert-OH is 1. The van der Waals surface area contributed by atoms with Crippen molar-refractivity contribution in [1.82, 2.24) is 9.88 Å². The molecule has 1 N–H and O–H groups in total. The average molecular weight is 506 g/mol. The summed E-state index contributed by atoms with van der Waals surface area (Å²) in [7, 11) is 0. The van der Waals surface area contributed by atoms with Gasteiger partial charge in [-0.2, -0.15) is 0 Å². The third kappa shape index (κ3) is 8.37. The molecule has 0 amide bonds. The number of hydrogen-bond acceptors (Lipinski definition) is 3. The van der Waals surface area contributed by atoms with Crippen LogP contribution in [0.25, 0.3) is 21.7 Å². The second kappa shape index (κ2) is 15.6. The zero-order valence-electron chi connectivity index (χ0n) is 20.9. The molecule has 3 aromatic rings. The first kappa shape index (κ1) is 28.8. The lowest BCUT2D eigenvalue weighted by molar-refractivity contribution is 0.111. The molecule has 0 aliphatic carbocycles. The highest BCUT2D eigenvalue weighted by atomic mass is 35.5. The molecule has 0 saturated carbocycles. The summed E-state index contributed by atoms with van der Waals surface area (Å²) in [5.74, 6) is 0. The first-order valence-electron chi connectivity index (χ1n) is 13.0. The van der Waals surface area contributed by atoms with Crippen LogP contribution >= 0.6 is 24.0 Å². The Labute approximate surface area is 217 Å². The van der Waals surface area contributed by atoms with Crippen LogP contribution in [0, 0.1) is 0 Å². The van der Waals surface area contributed by atoms with E-state index in [0.717, 1.165) is 40.3 Å². The van der Waals surface area contributed by atoms with Gasteiger partial charge >= 0.3 is 0 Å². The Morgan fingerprint density at radius 1 is 0.853 bits per heavy atom. The number of benzene rings is 2. The molecule has 3 rings (SSSR count). The summed E-state index contributed by atoms with van der Waals surface area (Å²) in [6.07, 6.45) is 14.1. The van der Waals surface area contributed by atoms with Crippen molar-refractivity contribution in [3.05, 3.63) is 53.2 Å². The molecule has 1 heterocycles. The lowest BCUT2D eigenvalue weighted by Gasteiger charge is -2.26. The second-order valence-electron chi connectivity index (χ2n) is 9.38. The average Bonchev–Trinajstić information content (AvgIpc) is 2.83.